The number of benzene rings is 2. The lowest BCUT2D eigenvalue weighted by atomic mass is 10.1. The molecular formula is C20H19F2N5OS. The van der Waals surface area contributed by atoms with Gasteiger partial charge in [-0.05, 0) is 24.3 Å². The minimum atomic E-state index is -0.925. The van der Waals surface area contributed by atoms with E-state index < -0.39 is 23.0 Å². The molecule has 0 atom stereocenters. The van der Waals surface area contributed by atoms with Gasteiger partial charge in [-0.3, -0.25) is 4.79 Å². The number of halogens is 2. The Morgan fingerprint density at radius 1 is 1.07 bits per heavy atom. The first kappa shape index (κ1) is 19.4. The zero-order chi connectivity index (χ0) is 20.4. The van der Waals surface area contributed by atoms with Crippen LogP contribution in [0.1, 0.15) is 15.2 Å². The van der Waals surface area contributed by atoms with Crippen molar-refractivity contribution in [1.82, 2.24) is 15.3 Å². The summed E-state index contributed by atoms with van der Waals surface area (Å²) in [6, 6.07) is 12.9. The number of carbonyl (C=O) groups excluding carboxylic acids is 1. The summed E-state index contributed by atoms with van der Waals surface area (Å²) in [6.07, 6.45) is 0. The number of thiazole rings is 1. The highest BCUT2D eigenvalue weighted by atomic mass is 32.1. The number of ketones is 1. The van der Waals surface area contributed by atoms with E-state index in [4.69, 9.17) is 5.73 Å². The third-order valence-corrected chi connectivity index (χ3v) is 5.64. The molecule has 1 saturated heterocycles. The number of piperazine rings is 1. The number of hydrazine groups is 1. The molecule has 0 spiro atoms. The maximum atomic E-state index is 14.1. The van der Waals surface area contributed by atoms with Crippen molar-refractivity contribution in [3.05, 3.63) is 70.6 Å². The molecule has 6 nitrogen and oxygen atoms in total. The van der Waals surface area contributed by atoms with E-state index in [0.717, 1.165) is 55.3 Å². The standard InChI is InChI=1S/C20H19F2N5OS/c21-14-7-4-8-15(22)16(14)17(28)18-19(23)25-20(29-18)27(13-5-2-1-3-6-13)26-11-9-24-10-12-26/h1-8,24H,9-12,23H2. The van der Waals surface area contributed by atoms with Crippen LogP contribution >= 0.6 is 11.3 Å². The molecule has 9 heteroatoms. The van der Waals surface area contributed by atoms with Gasteiger partial charge >= 0.3 is 0 Å². The predicted molar refractivity (Wildman–Crippen MR) is 109 cm³/mol. The van der Waals surface area contributed by atoms with Crippen LogP contribution in [0.5, 0.6) is 0 Å². The topological polar surface area (TPSA) is 74.5 Å². The lowest BCUT2D eigenvalue weighted by Gasteiger charge is -2.37. The number of para-hydroxylation sites is 1. The summed E-state index contributed by atoms with van der Waals surface area (Å²) in [5.41, 5.74) is 6.24. The number of hydrogen-bond donors (Lipinski definition) is 2. The van der Waals surface area contributed by atoms with Crippen molar-refractivity contribution in [1.29, 1.82) is 0 Å². The average Bonchev–Trinajstić information content (AvgIpc) is 3.10. The van der Waals surface area contributed by atoms with Crippen LogP contribution in [-0.4, -0.2) is 42.0 Å². The van der Waals surface area contributed by atoms with Crippen molar-refractivity contribution in [3.63, 3.8) is 0 Å². The Kier molecular flexibility index (Phi) is 5.52. The van der Waals surface area contributed by atoms with Gasteiger partial charge in [0.25, 0.3) is 0 Å². The van der Waals surface area contributed by atoms with Crippen LogP contribution in [0.4, 0.5) is 25.4 Å². The summed E-state index contributed by atoms with van der Waals surface area (Å²) in [5, 5.41) is 7.76. The first-order valence-electron chi connectivity index (χ1n) is 9.12. The lowest BCUT2D eigenvalue weighted by molar-refractivity contribution is 0.103. The fourth-order valence-corrected chi connectivity index (χ4v) is 4.20. The van der Waals surface area contributed by atoms with Gasteiger partial charge in [0, 0.05) is 26.2 Å². The van der Waals surface area contributed by atoms with Gasteiger partial charge < -0.3 is 11.1 Å². The van der Waals surface area contributed by atoms with E-state index in [-0.39, 0.29) is 10.7 Å². The fraction of sp³-hybridized carbons (Fsp3) is 0.200. The van der Waals surface area contributed by atoms with Crippen LogP contribution in [0.15, 0.2) is 48.5 Å². The number of anilines is 3. The van der Waals surface area contributed by atoms with Crippen LogP contribution in [0.25, 0.3) is 0 Å². The molecule has 0 unspecified atom stereocenters. The van der Waals surface area contributed by atoms with E-state index in [1.54, 1.807) is 0 Å². The first-order chi connectivity index (χ1) is 14.1. The first-order valence-corrected chi connectivity index (χ1v) is 9.93. The van der Waals surface area contributed by atoms with Gasteiger partial charge in [0.15, 0.2) is 0 Å². The maximum absolute atomic E-state index is 14.1. The van der Waals surface area contributed by atoms with Crippen LogP contribution < -0.4 is 16.1 Å². The van der Waals surface area contributed by atoms with E-state index in [1.165, 1.54) is 6.07 Å². The Morgan fingerprint density at radius 3 is 2.38 bits per heavy atom. The number of aromatic nitrogens is 1. The Balaban J connectivity index is 1.75. The van der Waals surface area contributed by atoms with E-state index in [2.05, 4.69) is 15.3 Å². The summed E-state index contributed by atoms with van der Waals surface area (Å²) in [4.78, 5) is 17.2. The molecule has 29 heavy (non-hydrogen) atoms. The third kappa shape index (κ3) is 3.84. The number of nitrogens with two attached hydrogens (primary N) is 1. The van der Waals surface area contributed by atoms with Crippen LogP contribution in [-0.2, 0) is 0 Å². The van der Waals surface area contributed by atoms with Gasteiger partial charge in [0.2, 0.25) is 10.9 Å². The van der Waals surface area contributed by atoms with Crippen molar-refractivity contribution < 1.29 is 13.6 Å². The molecule has 0 bridgehead atoms. The highest BCUT2D eigenvalue weighted by molar-refractivity contribution is 7.18. The van der Waals surface area contributed by atoms with Crippen molar-refractivity contribution >= 4 is 33.8 Å². The normalized spacial score (nSPS) is 14.7. The average molecular weight is 415 g/mol. The monoisotopic (exact) mass is 415 g/mol. The minimum absolute atomic E-state index is 0.0139. The predicted octanol–water partition coefficient (Wildman–Crippen LogP) is 3.19. The molecule has 150 valence electrons. The van der Waals surface area contributed by atoms with Crippen LogP contribution in [0, 0.1) is 11.6 Å². The molecule has 1 fully saturated rings. The number of rotatable bonds is 5. The largest absolute Gasteiger partial charge is 0.382 e. The van der Waals surface area contributed by atoms with E-state index >= 15 is 0 Å². The summed E-state index contributed by atoms with van der Waals surface area (Å²) >= 11 is 1.02. The number of nitrogens with one attached hydrogen (secondary N) is 1. The van der Waals surface area contributed by atoms with Gasteiger partial charge in [-0.1, -0.05) is 35.6 Å². The van der Waals surface area contributed by atoms with Crippen molar-refractivity contribution in [2.45, 2.75) is 0 Å². The number of carbonyl (C=O) groups is 1. The van der Waals surface area contributed by atoms with Crippen molar-refractivity contribution in [2.24, 2.45) is 0 Å². The summed E-state index contributed by atoms with van der Waals surface area (Å²) in [6.45, 7) is 3.08. The second-order valence-electron chi connectivity index (χ2n) is 6.49. The van der Waals surface area contributed by atoms with E-state index in [9.17, 15) is 13.6 Å². The number of hydrogen-bond acceptors (Lipinski definition) is 7. The van der Waals surface area contributed by atoms with Gasteiger partial charge in [-0.2, -0.15) is 0 Å². The molecule has 0 aliphatic carbocycles. The van der Waals surface area contributed by atoms with Crippen molar-refractivity contribution in [2.75, 3.05) is 36.9 Å². The SMILES string of the molecule is Nc1nc(N(c2ccccc2)N2CCNCC2)sc1C(=O)c1c(F)cccc1F. The van der Waals surface area contributed by atoms with E-state index in [0.29, 0.717) is 5.13 Å². The molecule has 1 aliphatic rings. The Hall–Kier alpha value is -2.88. The van der Waals surface area contributed by atoms with Crippen LogP contribution in [0.3, 0.4) is 0 Å². The summed E-state index contributed by atoms with van der Waals surface area (Å²) in [5.74, 6) is -2.71. The number of nitrogen functional groups attached to an aromatic ring is 1. The molecule has 1 aliphatic heterocycles. The van der Waals surface area contributed by atoms with Crippen LogP contribution in [0.2, 0.25) is 0 Å². The Bertz CT molecular complexity index is 1000. The fourth-order valence-electron chi connectivity index (χ4n) is 3.22. The molecule has 0 amide bonds. The number of nitrogens with zero attached hydrogens (tertiary/aromatic N) is 3. The van der Waals surface area contributed by atoms with Gasteiger partial charge in [-0.15, -0.1) is 0 Å². The summed E-state index contributed by atoms with van der Waals surface area (Å²) < 4.78 is 28.2. The molecule has 0 radical (unpaired) electrons. The second-order valence-corrected chi connectivity index (χ2v) is 7.47. The minimum Gasteiger partial charge on any atom is -0.382 e. The molecule has 3 N–H and O–H groups in total. The van der Waals surface area contributed by atoms with Crippen molar-refractivity contribution in [3.8, 4) is 0 Å². The lowest BCUT2D eigenvalue weighted by Crippen LogP contribution is -2.50. The molecule has 4 rings (SSSR count). The molecule has 1 aromatic heterocycles. The van der Waals surface area contributed by atoms with E-state index in [1.807, 2.05) is 35.3 Å². The summed E-state index contributed by atoms with van der Waals surface area (Å²) in [7, 11) is 0. The Morgan fingerprint density at radius 2 is 1.72 bits per heavy atom. The van der Waals surface area contributed by atoms with Gasteiger partial charge in [-0.25, -0.2) is 23.8 Å². The van der Waals surface area contributed by atoms with Gasteiger partial charge in [0.05, 0.1) is 11.3 Å². The molecule has 2 heterocycles. The second kappa shape index (κ2) is 8.24. The smallest absolute Gasteiger partial charge is 0.212 e. The molecule has 3 aromatic rings. The Labute approximate surface area is 170 Å². The molecular weight excluding hydrogens is 396 g/mol. The third-order valence-electron chi connectivity index (χ3n) is 4.60. The highest BCUT2D eigenvalue weighted by Crippen LogP contribution is 2.36. The van der Waals surface area contributed by atoms with Gasteiger partial charge in [0.1, 0.15) is 22.3 Å². The highest BCUT2D eigenvalue weighted by Gasteiger charge is 2.28. The quantitative estimate of drug-likeness (QED) is 0.624. The zero-order valence-corrected chi connectivity index (χ0v) is 16.3. The molecule has 0 saturated carbocycles. The zero-order valence-electron chi connectivity index (χ0n) is 15.4. The molecule has 2 aromatic carbocycles. The maximum Gasteiger partial charge on any atom is 0.212 e.